The van der Waals surface area contributed by atoms with Gasteiger partial charge in [0.2, 0.25) is 19.7 Å². The van der Waals surface area contributed by atoms with Crippen molar-refractivity contribution in [3.8, 4) is 0 Å². The normalized spacial score (nSPS) is 13.5. The van der Waals surface area contributed by atoms with E-state index < -0.39 is 19.7 Å². The lowest BCUT2D eigenvalue weighted by Crippen LogP contribution is -2.10. The van der Waals surface area contributed by atoms with Crippen LogP contribution < -0.4 is 0 Å². The maximum atomic E-state index is 12.5. The molecule has 0 fully saturated rings. The van der Waals surface area contributed by atoms with E-state index in [1.807, 2.05) is 0 Å². The third kappa shape index (κ3) is 2.98. The van der Waals surface area contributed by atoms with E-state index >= 15 is 0 Å². The highest BCUT2D eigenvalue weighted by Gasteiger charge is 2.26. The van der Waals surface area contributed by atoms with Gasteiger partial charge in [-0.2, -0.15) is 0 Å². The van der Waals surface area contributed by atoms with Gasteiger partial charge in [0.15, 0.2) is 0 Å². The highest BCUT2D eigenvalue weighted by molar-refractivity contribution is 7.99. The van der Waals surface area contributed by atoms with Crippen LogP contribution in [-0.2, 0) is 19.7 Å². The van der Waals surface area contributed by atoms with Gasteiger partial charge >= 0.3 is 0 Å². The molecule has 22 heavy (non-hydrogen) atoms. The lowest BCUT2D eigenvalue weighted by atomic mass is 10.4. The molecule has 116 valence electrons. The minimum atomic E-state index is -3.83. The Balaban J connectivity index is 2.60. The molecule has 0 amide bonds. The van der Waals surface area contributed by atoms with Gasteiger partial charge < -0.3 is 0 Å². The second-order valence-corrected chi connectivity index (χ2v) is 8.93. The van der Waals surface area contributed by atoms with Crippen molar-refractivity contribution in [2.24, 2.45) is 0 Å². The van der Waals surface area contributed by atoms with E-state index in [4.69, 9.17) is 0 Å². The van der Waals surface area contributed by atoms with Gasteiger partial charge in [0, 0.05) is 0 Å². The van der Waals surface area contributed by atoms with Gasteiger partial charge in [-0.25, -0.2) is 16.8 Å². The summed E-state index contributed by atoms with van der Waals surface area (Å²) in [5, 5.41) is 0. The molecule has 2 aromatic rings. The van der Waals surface area contributed by atoms with Crippen molar-refractivity contribution in [2.75, 3.05) is 0 Å². The van der Waals surface area contributed by atoms with Crippen LogP contribution in [-0.4, -0.2) is 16.8 Å². The molecule has 6 heteroatoms. The van der Waals surface area contributed by atoms with Crippen molar-refractivity contribution >= 4 is 19.7 Å². The molecule has 0 N–H and O–H groups in total. The van der Waals surface area contributed by atoms with E-state index in [-0.39, 0.29) is 19.6 Å². The molecule has 0 aliphatic carbocycles. The molecule has 0 aromatic heterocycles. The summed E-state index contributed by atoms with van der Waals surface area (Å²) in [6, 6.07) is 15.6. The monoisotopic (exact) mass is 336 g/mol. The average molecular weight is 336 g/mol. The molecule has 2 rings (SSSR count). The van der Waals surface area contributed by atoms with Crippen LogP contribution >= 0.6 is 0 Å². The third-order valence-corrected chi connectivity index (χ3v) is 7.55. The van der Waals surface area contributed by atoms with Gasteiger partial charge in [0.1, 0.15) is 0 Å². The highest BCUT2D eigenvalue weighted by atomic mass is 32.2. The van der Waals surface area contributed by atoms with E-state index in [2.05, 4.69) is 0 Å². The minimum absolute atomic E-state index is 0.0788. The first-order chi connectivity index (χ1) is 10.3. The third-order valence-electron chi connectivity index (χ3n) is 3.41. The Hall–Kier alpha value is -1.92. The van der Waals surface area contributed by atoms with Crippen LogP contribution in [0.4, 0.5) is 0 Å². The molecule has 0 atom stereocenters. The number of allylic oxidation sites excluding steroid dienone is 2. The van der Waals surface area contributed by atoms with E-state index in [9.17, 15) is 16.8 Å². The van der Waals surface area contributed by atoms with Gasteiger partial charge in [0.25, 0.3) is 0 Å². The van der Waals surface area contributed by atoms with Gasteiger partial charge in [-0.15, -0.1) is 0 Å². The molecule has 0 saturated heterocycles. The number of benzene rings is 2. The summed E-state index contributed by atoms with van der Waals surface area (Å²) in [5.41, 5.74) is 0. The molecule has 4 nitrogen and oxygen atoms in total. The number of hydrogen-bond donors (Lipinski definition) is 0. The fourth-order valence-corrected chi connectivity index (χ4v) is 5.08. The van der Waals surface area contributed by atoms with Crippen LogP contribution in [0.1, 0.15) is 13.8 Å². The largest absolute Gasteiger partial charge is 0.219 e. The van der Waals surface area contributed by atoms with E-state index in [1.54, 1.807) is 36.4 Å². The Morgan fingerprint density at radius 3 is 1.14 bits per heavy atom. The van der Waals surface area contributed by atoms with E-state index in [1.165, 1.54) is 38.1 Å². The zero-order valence-electron chi connectivity index (χ0n) is 12.2. The first kappa shape index (κ1) is 16.5. The van der Waals surface area contributed by atoms with Crippen LogP contribution in [0.5, 0.6) is 0 Å². The second kappa shape index (κ2) is 6.06. The Morgan fingerprint density at radius 1 is 0.591 bits per heavy atom. The fourth-order valence-electron chi connectivity index (χ4n) is 1.93. The van der Waals surface area contributed by atoms with Crippen molar-refractivity contribution < 1.29 is 16.8 Å². The molecule has 0 saturated carbocycles. The summed E-state index contributed by atoms with van der Waals surface area (Å²) >= 11 is 0. The highest BCUT2D eigenvalue weighted by Crippen LogP contribution is 2.27. The molecule has 0 heterocycles. The number of hydrogen-bond acceptors (Lipinski definition) is 4. The summed E-state index contributed by atoms with van der Waals surface area (Å²) in [7, 11) is -7.66. The Labute approximate surface area is 131 Å². The Morgan fingerprint density at radius 2 is 0.864 bits per heavy atom. The van der Waals surface area contributed by atoms with Crippen molar-refractivity contribution in [1.29, 1.82) is 0 Å². The van der Waals surface area contributed by atoms with Crippen LogP contribution in [0.15, 0.2) is 80.3 Å². The van der Waals surface area contributed by atoms with Crippen LogP contribution in [0.2, 0.25) is 0 Å². The predicted octanol–water partition coefficient (Wildman–Crippen LogP) is 3.19. The quantitative estimate of drug-likeness (QED) is 0.860. The van der Waals surface area contributed by atoms with Crippen molar-refractivity contribution in [3.05, 3.63) is 70.5 Å². The summed E-state index contributed by atoms with van der Waals surface area (Å²) < 4.78 is 50.1. The van der Waals surface area contributed by atoms with Crippen molar-refractivity contribution in [1.82, 2.24) is 0 Å². The summed E-state index contributed by atoms with van der Waals surface area (Å²) in [6.07, 6.45) is 0. The standard InChI is InChI=1S/C16H16O4S2/c1-13(21(17,18)15-9-5-3-6-10-15)14(2)22(19,20)16-11-7-4-8-12-16/h3-12H,1-2H3/b14-13-. The fraction of sp³-hybridized carbons (Fsp3) is 0.125. The van der Waals surface area contributed by atoms with Crippen LogP contribution in [0.3, 0.4) is 0 Å². The van der Waals surface area contributed by atoms with E-state index in [0.717, 1.165) is 0 Å². The predicted molar refractivity (Wildman–Crippen MR) is 85.6 cm³/mol. The van der Waals surface area contributed by atoms with Crippen molar-refractivity contribution in [3.63, 3.8) is 0 Å². The van der Waals surface area contributed by atoms with Crippen molar-refractivity contribution in [2.45, 2.75) is 23.6 Å². The second-order valence-electron chi connectivity index (χ2n) is 4.75. The summed E-state index contributed by atoms with van der Waals surface area (Å²) in [5.74, 6) is 0. The Bertz CT molecular complexity index is 818. The van der Waals surface area contributed by atoms with Gasteiger partial charge in [-0.3, -0.25) is 0 Å². The maximum Gasteiger partial charge on any atom is 0.203 e. The average Bonchev–Trinajstić information content (AvgIpc) is 2.55. The smallest absolute Gasteiger partial charge is 0.203 e. The summed E-state index contributed by atoms with van der Waals surface area (Å²) in [4.78, 5) is -0.171. The zero-order chi connectivity index (χ0) is 16.4. The number of rotatable bonds is 4. The molecule has 0 bridgehead atoms. The molecular weight excluding hydrogens is 320 g/mol. The van der Waals surface area contributed by atoms with Crippen LogP contribution in [0.25, 0.3) is 0 Å². The van der Waals surface area contributed by atoms with Gasteiger partial charge in [0.05, 0.1) is 19.6 Å². The number of sulfone groups is 2. The lowest BCUT2D eigenvalue weighted by Gasteiger charge is -2.10. The molecule has 0 spiro atoms. The lowest BCUT2D eigenvalue weighted by molar-refractivity contribution is 0.596. The molecule has 0 unspecified atom stereocenters. The SMILES string of the molecule is C/C(=C(\C)S(=O)(=O)c1ccccc1)S(=O)(=O)c1ccccc1. The topological polar surface area (TPSA) is 68.3 Å². The molecule has 0 aliphatic heterocycles. The zero-order valence-corrected chi connectivity index (χ0v) is 13.9. The summed E-state index contributed by atoms with van der Waals surface area (Å²) in [6.45, 7) is 2.64. The molecule has 2 aromatic carbocycles. The van der Waals surface area contributed by atoms with Gasteiger partial charge in [-0.05, 0) is 38.1 Å². The Kier molecular flexibility index (Phi) is 4.53. The maximum absolute atomic E-state index is 12.5. The minimum Gasteiger partial charge on any atom is -0.219 e. The molecule has 0 aliphatic rings. The first-order valence-corrected chi connectivity index (χ1v) is 9.52. The first-order valence-electron chi connectivity index (χ1n) is 6.55. The molecular formula is C16H16O4S2. The molecule has 0 radical (unpaired) electrons. The van der Waals surface area contributed by atoms with Gasteiger partial charge in [-0.1, -0.05) is 36.4 Å². The van der Waals surface area contributed by atoms with Crippen LogP contribution in [0, 0.1) is 0 Å². The van der Waals surface area contributed by atoms with E-state index in [0.29, 0.717) is 0 Å².